The van der Waals surface area contributed by atoms with Gasteiger partial charge in [-0.25, -0.2) is 4.79 Å². The van der Waals surface area contributed by atoms with E-state index in [1.807, 2.05) is 30.3 Å². The van der Waals surface area contributed by atoms with Crippen LogP contribution in [0.4, 0.5) is 0 Å². The third-order valence-corrected chi connectivity index (χ3v) is 4.41. The van der Waals surface area contributed by atoms with E-state index in [1.54, 1.807) is 19.9 Å². The Morgan fingerprint density at radius 3 is 2.27 bits per heavy atom. The van der Waals surface area contributed by atoms with Crippen LogP contribution in [0.3, 0.4) is 0 Å². The molecule has 0 radical (unpaired) electrons. The topological polar surface area (TPSA) is 115 Å². The third kappa shape index (κ3) is 6.88. The first-order chi connectivity index (χ1) is 14.3. The molecule has 0 aliphatic heterocycles. The summed E-state index contributed by atoms with van der Waals surface area (Å²) in [5, 5.41) is 5.12. The van der Waals surface area contributed by atoms with Crippen molar-refractivity contribution >= 4 is 23.6 Å². The van der Waals surface area contributed by atoms with Gasteiger partial charge in [-0.3, -0.25) is 14.4 Å². The molecule has 0 aliphatic carbocycles. The van der Waals surface area contributed by atoms with E-state index in [2.05, 4.69) is 10.6 Å². The summed E-state index contributed by atoms with van der Waals surface area (Å²) >= 11 is 0. The zero-order valence-corrected chi connectivity index (χ0v) is 17.2. The smallest absolute Gasteiger partial charge is 0.329 e. The summed E-state index contributed by atoms with van der Waals surface area (Å²) in [4.78, 5) is 48.6. The zero-order chi connectivity index (χ0) is 22.1. The molecule has 160 valence electrons. The molecule has 2 N–H and O–H groups in total. The van der Waals surface area contributed by atoms with E-state index in [9.17, 15) is 19.2 Å². The van der Waals surface area contributed by atoms with Gasteiger partial charge in [0.1, 0.15) is 6.04 Å². The van der Waals surface area contributed by atoms with Crippen LogP contribution in [0.25, 0.3) is 0 Å². The lowest BCUT2D eigenvalue weighted by molar-refractivity contribution is -0.151. The van der Waals surface area contributed by atoms with Gasteiger partial charge in [-0.2, -0.15) is 0 Å². The van der Waals surface area contributed by atoms with Crippen LogP contribution < -0.4 is 10.6 Å². The van der Waals surface area contributed by atoms with Crippen molar-refractivity contribution in [2.45, 2.75) is 39.3 Å². The number of ether oxygens (including phenoxy) is 1. The highest BCUT2D eigenvalue weighted by Gasteiger charge is 2.28. The minimum atomic E-state index is -0.955. The predicted molar refractivity (Wildman–Crippen MR) is 109 cm³/mol. The minimum absolute atomic E-state index is 0.0661. The molecule has 0 fully saturated rings. The molecular weight excluding hydrogens is 388 g/mol. The maximum Gasteiger partial charge on any atom is 0.329 e. The summed E-state index contributed by atoms with van der Waals surface area (Å²) in [7, 11) is 0. The van der Waals surface area contributed by atoms with Crippen molar-refractivity contribution in [1.82, 2.24) is 10.6 Å². The number of rotatable bonds is 10. The second kappa shape index (κ2) is 10.9. The van der Waals surface area contributed by atoms with Crippen molar-refractivity contribution in [2.24, 2.45) is 5.92 Å². The summed E-state index contributed by atoms with van der Waals surface area (Å²) in [6, 6.07) is 10.6. The van der Waals surface area contributed by atoms with Crippen molar-refractivity contribution < 1.29 is 28.3 Å². The number of nitrogens with one attached hydrogen (secondary N) is 2. The van der Waals surface area contributed by atoms with Gasteiger partial charge in [0.2, 0.25) is 0 Å². The zero-order valence-electron chi connectivity index (χ0n) is 17.2. The third-order valence-electron chi connectivity index (χ3n) is 4.41. The highest BCUT2D eigenvalue weighted by molar-refractivity contribution is 5.95. The molecule has 1 heterocycles. The summed E-state index contributed by atoms with van der Waals surface area (Å²) in [5.41, 5.74) is 0.899. The molecule has 0 saturated heterocycles. The number of benzene rings is 1. The van der Waals surface area contributed by atoms with Crippen LogP contribution in [0.1, 0.15) is 36.9 Å². The highest BCUT2D eigenvalue weighted by Crippen LogP contribution is 2.08. The fourth-order valence-electron chi connectivity index (χ4n) is 2.73. The Labute approximate surface area is 175 Å². The normalized spacial score (nSPS) is 12.7. The Hall–Kier alpha value is -3.42. The second-order valence-corrected chi connectivity index (χ2v) is 7.20. The molecule has 2 amide bonds. The molecule has 8 nitrogen and oxygen atoms in total. The van der Waals surface area contributed by atoms with Crippen molar-refractivity contribution in [3.63, 3.8) is 0 Å². The Morgan fingerprint density at radius 1 is 1.00 bits per heavy atom. The molecule has 1 aromatic carbocycles. The van der Waals surface area contributed by atoms with Gasteiger partial charge < -0.3 is 19.8 Å². The fourth-order valence-corrected chi connectivity index (χ4v) is 2.73. The Balaban J connectivity index is 1.89. The van der Waals surface area contributed by atoms with Crippen molar-refractivity contribution in [2.75, 3.05) is 6.61 Å². The van der Waals surface area contributed by atoms with E-state index in [4.69, 9.17) is 9.15 Å². The van der Waals surface area contributed by atoms with Crippen LogP contribution in [0.5, 0.6) is 0 Å². The quantitative estimate of drug-likeness (QED) is 0.574. The number of hydrogen-bond acceptors (Lipinski definition) is 6. The Bertz CT molecular complexity index is 861. The summed E-state index contributed by atoms with van der Waals surface area (Å²) in [5.74, 6) is -2.32. The average Bonchev–Trinajstić information content (AvgIpc) is 3.25. The molecule has 2 rings (SSSR count). The van der Waals surface area contributed by atoms with Gasteiger partial charge in [-0.15, -0.1) is 0 Å². The first-order valence-corrected chi connectivity index (χ1v) is 9.62. The van der Waals surface area contributed by atoms with Gasteiger partial charge in [-0.05, 0) is 37.0 Å². The Kier molecular flexibility index (Phi) is 8.34. The van der Waals surface area contributed by atoms with E-state index in [-0.39, 0.29) is 17.5 Å². The minimum Gasteiger partial charge on any atom is -0.459 e. The van der Waals surface area contributed by atoms with E-state index in [1.165, 1.54) is 19.3 Å². The van der Waals surface area contributed by atoms with E-state index < -0.39 is 36.5 Å². The number of hydrogen-bond donors (Lipinski definition) is 2. The number of amides is 2. The number of furan rings is 1. The average molecular weight is 414 g/mol. The van der Waals surface area contributed by atoms with Gasteiger partial charge in [0.15, 0.2) is 18.2 Å². The molecule has 1 aromatic heterocycles. The van der Waals surface area contributed by atoms with Gasteiger partial charge in [0.05, 0.1) is 12.3 Å². The fraction of sp³-hybridized carbons (Fsp3) is 0.364. The molecule has 0 aliphatic rings. The number of ketones is 1. The Morgan fingerprint density at radius 2 is 1.70 bits per heavy atom. The first kappa shape index (κ1) is 22.9. The molecular formula is C22H26N2O6. The summed E-state index contributed by atoms with van der Waals surface area (Å²) in [6.07, 6.45) is 1.69. The molecule has 0 saturated carbocycles. The van der Waals surface area contributed by atoms with Crippen LogP contribution in [0.2, 0.25) is 0 Å². The molecule has 0 spiro atoms. The molecule has 8 heteroatoms. The molecule has 0 unspecified atom stereocenters. The number of esters is 1. The molecule has 30 heavy (non-hydrogen) atoms. The van der Waals surface area contributed by atoms with Crippen molar-refractivity contribution in [3.8, 4) is 0 Å². The number of Topliss-reactive ketones (excluding diaryl/α,β-unsaturated/α-hetero) is 1. The SMILES string of the molecule is CC(=O)[C@@H](Cc1ccccc1)NC(=O)COC(=O)[C@@H](NC(=O)c1ccco1)C(C)C. The van der Waals surface area contributed by atoms with Crippen LogP contribution in [-0.4, -0.2) is 42.3 Å². The van der Waals surface area contributed by atoms with Crippen LogP contribution in [-0.2, 0) is 25.5 Å². The number of carbonyl (C=O) groups excluding carboxylic acids is 4. The number of carbonyl (C=O) groups is 4. The van der Waals surface area contributed by atoms with Crippen LogP contribution in [0.15, 0.2) is 53.1 Å². The van der Waals surface area contributed by atoms with Crippen molar-refractivity contribution in [1.29, 1.82) is 0 Å². The maximum atomic E-state index is 12.4. The maximum absolute atomic E-state index is 12.4. The van der Waals surface area contributed by atoms with Gasteiger partial charge in [0.25, 0.3) is 11.8 Å². The van der Waals surface area contributed by atoms with E-state index in [0.717, 1.165) is 5.56 Å². The van der Waals surface area contributed by atoms with E-state index in [0.29, 0.717) is 6.42 Å². The van der Waals surface area contributed by atoms with Crippen molar-refractivity contribution in [3.05, 3.63) is 60.1 Å². The largest absolute Gasteiger partial charge is 0.459 e. The van der Waals surface area contributed by atoms with Crippen LogP contribution >= 0.6 is 0 Å². The molecule has 2 aromatic rings. The van der Waals surface area contributed by atoms with Gasteiger partial charge >= 0.3 is 5.97 Å². The first-order valence-electron chi connectivity index (χ1n) is 9.62. The molecule has 0 bridgehead atoms. The molecule has 2 atom stereocenters. The monoisotopic (exact) mass is 414 g/mol. The van der Waals surface area contributed by atoms with Crippen LogP contribution in [0, 0.1) is 5.92 Å². The van der Waals surface area contributed by atoms with Gasteiger partial charge in [0, 0.05) is 0 Å². The lowest BCUT2D eigenvalue weighted by atomic mass is 10.0. The van der Waals surface area contributed by atoms with E-state index >= 15 is 0 Å². The lowest BCUT2D eigenvalue weighted by Crippen LogP contribution is -2.47. The van der Waals surface area contributed by atoms with Gasteiger partial charge in [-0.1, -0.05) is 44.2 Å². The summed E-state index contributed by atoms with van der Waals surface area (Å²) < 4.78 is 10.1. The predicted octanol–water partition coefficient (Wildman–Crippen LogP) is 1.89. The summed E-state index contributed by atoms with van der Waals surface area (Å²) in [6.45, 7) is 4.30. The highest BCUT2D eigenvalue weighted by atomic mass is 16.5. The second-order valence-electron chi connectivity index (χ2n) is 7.20. The lowest BCUT2D eigenvalue weighted by Gasteiger charge is -2.21. The standard InChI is InChI=1S/C22H26N2O6/c1-14(2)20(24-21(27)18-10-7-11-29-18)22(28)30-13-19(26)23-17(15(3)25)12-16-8-5-4-6-9-16/h4-11,14,17,20H,12-13H2,1-3H3,(H,23,26)(H,24,27)/t17-,20+/m1/s1.